The molecule has 2 aromatic rings. The summed E-state index contributed by atoms with van der Waals surface area (Å²) in [5.74, 6) is -0.588. The summed E-state index contributed by atoms with van der Waals surface area (Å²) in [4.78, 5) is 21.0. The van der Waals surface area contributed by atoms with E-state index < -0.39 is 24.8 Å². The second-order valence-corrected chi connectivity index (χ2v) is 8.12. The van der Waals surface area contributed by atoms with Crippen molar-refractivity contribution in [2.45, 2.75) is 5.66 Å². The summed E-state index contributed by atoms with van der Waals surface area (Å²) >= 11 is 3.91. The van der Waals surface area contributed by atoms with Crippen molar-refractivity contribution in [2.24, 2.45) is 0 Å². The maximum atomic E-state index is 14.2. The van der Waals surface area contributed by atoms with Gasteiger partial charge in [-0.2, -0.15) is 8.78 Å². The smallest absolute Gasteiger partial charge is 0.401 e. The highest BCUT2D eigenvalue weighted by molar-refractivity contribution is 9.10. The van der Waals surface area contributed by atoms with Crippen LogP contribution in [-0.4, -0.2) is 25.1 Å². The van der Waals surface area contributed by atoms with Crippen molar-refractivity contribution >= 4 is 50.9 Å². The molecule has 0 spiro atoms. The molecule has 0 bridgehead atoms. The van der Waals surface area contributed by atoms with Crippen molar-refractivity contribution in [2.75, 3.05) is 14.2 Å². The zero-order valence-electron chi connectivity index (χ0n) is 11.3. The molecule has 1 heterocycles. The van der Waals surface area contributed by atoms with Crippen molar-refractivity contribution in [3.05, 3.63) is 33.1 Å². The molecule has 0 amide bonds. The van der Waals surface area contributed by atoms with Gasteiger partial charge >= 0.3 is 19.2 Å². The van der Waals surface area contributed by atoms with Crippen molar-refractivity contribution < 1.29 is 32.3 Å². The number of hydrogen-bond acceptors (Lipinski definition) is 5. The van der Waals surface area contributed by atoms with Crippen molar-refractivity contribution in [1.82, 2.24) is 0 Å². The molecule has 0 radical (unpaired) electrons. The first kappa shape index (κ1) is 17.5. The number of methoxy groups -OCH3 is 1. The van der Waals surface area contributed by atoms with E-state index in [2.05, 4.69) is 25.2 Å². The fraction of sp³-hybridized carbons (Fsp3) is 0.250. The van der Waals surface area contributed by atoms with Gasteiger partial charge in [0.2, 0.25) is 0 Å². The van der Waals surface area contributed by atoms with Gasteiger partial charge in [-0.3, -0.25) is 4.57 Å². The van der Waals surface area contributed by atoms with Crippen LogP contribution in [0.2, 0.25) is 0 Å². The fourth-order valence-corrected chi connectivity index (χ4v) is 4.24. The van der Waals surface area contributed by atoms with Gasteiger partial charge in [-0.05, 0) is 23.6 Å². The van der Waals surface area contributed by atoms with Gasteiger partial charge in [-0.15, -0.1) is 11.3 Å². The highest BCUT2D eigenvalue weighted by Crippen LogP contribution is 2.63. The lowest BCUT2D eigenvalue weighted by Gasteiger charge is -2.21. The summed E-state index contributed by atoms with van der Waals surface area (Å²) in [6.45, 7) is 0. The maximum Gasteiger partial charge on any atom is 0.401 e. The molecule has 1 unspecified atom stereocenters. The lowest BCUT2D eigenvalue weighted by Crippen LogP contribution is -2.15. The lowest BCUT2D eigenvalue weighted by atomic mass is 10.2. The number of alkyl halides is 2. The molecule has 22 heavy (non-hydrogen) atoms. The van der Waals surface area contributed by atoms with Crippen LogP contribution in [0.4, 0.5) is 8.78 Å². The molecule has 0 fully saturated rings. The number of rotatable bonds is 4. The molecule has 5 nitrogen and oxygen atoms in total. The Morgan fingerprint density at radius 3 is 2.55 bits per heavy atom. The Bertz CT molecular complexity index is 791. The van der Waals surface area contributed by atoms with Gasteiger partial charge in [0.15, 0.2) is 0 Å². The minimum atomic E-state index is -5.17. The van der Waals surface area contributed by atoms with Crippen LogP contribution < -0.4 is 0 Å². The number of carbonyl (C=O) groups excluding carboxylic acids is 1. The molecule has 120 valence electrons. The summed E-state index contributed by atoms with van der Waals surface area (Å²) < 4.78 is 48.9. The minimum absolute atomic E-state index is 0.0643. The molecular weight excluding hydrogens is 405 g/mol. The van der Waals surface area contributed by atoms with E-state index in [0.29, 0.717) is 10.1 Å². The first-order chi connectivity index (χ1) is 10.1. The van der Waals surface area contributed by atoms with Crippen LogP contribution in [0.5, 0.6) is 0 Å². The van der Waals surface area contributed by atoms with Gasteiger partial charge in [0.1, 0.15) is 4.88 Å². The van der Waals surface area contributed by atoms with Crippen LogP contribution in [0.15, 0.2) is 22.7 Å². The Labute approximate surface area is 136 Å². The zero-order valence-corrected chi connectivity index (χ0v) is 14.6. The molecule has 1 N–H and O–H groups in total. The van der Waals surface area contributed by atoms with Gasteiger partial charge in [-0.25, -0.2) is 4.79 Å². The standard InChI is InChI=1S/C12H10BrF2O5PS/c1-19-11(16)10-4-6-3-8(13)7(5-9(6)22-10)12(14,15)21(17,18)20-2/h3-5H,1-2H3,(H,17,18). The molecule has 0 saturated carbocycles. The maximum absolute atomic E-state index is 14.2. The van der Waals surface area contributed by atoms with E-state index in [9.17, 15) is 23.0 Å². The number of carbonyl (C=O) groups is 1. The average molecular weight is 415 g/mol. The SMILES string of the molecule is COC(=O)c1cc2cc(Br)c(C(F)(F)P(=O)(O)OC)cc2s1. The number of benzene rings is 1. The summed E-state index contributed by atoms with van der Waals surface area (Å²) in [6.07, 6.45) is 0. The van der Waals surface area contributed by atoms with Gasteiger partial charge in [0.05, 0.1) is 7.11 Å². The molecule has 1 aromatic heterocycles. The quantitative estimate of drug-likeness (QED) is 0.595. The highest BCUT2D eigenvalue weighted by atomic mass is 79.9. The number of esters is 1. The van der Waals surface area contributed by atoms with Gasteiger partial charge in [-0.1, -0.05) is 15.9 Å². The Hall–Kier alpha value is -0.860. The van der Waals surface area contributed by atoms with Crippen LogP contribution in [0.25, 0.3) is 10.1 Å². The number of thiophene rings is 1. The van der Waals surface area contributed by atoms with Crippen molar-refractivity contribution in [3.63, 3.8) is 0 Å². The molecule has 0 saturated heterocycles. The van der Waals surface area contributed by atoms with E-state index in [1.165, 1.54) is 19.2 Å². The van der Waals surface area contributed by atoms with Crippen LogP contribution in [0.3, 0.4) is 0 Å². The normalized spacial score (nSPS) is 14.8. The van der Waals surface area contributed by atoms with Gasteiger partial charge < -0.3 is 14.2 Å². The Morgan fingerprint density at radius 2 is 2.00 bits per heavy atom. The van der Waals surface area contributed by atoms with Crippen molar-refractivity contribution in [3.8, 4) is 0 Å². The number of ether oxygens (including phenoxy) is 1. The summed E-state index contributed by atoms with van der Waals surface area (Å²) in [7, 11) is -3.22. The third kappa shape index (κ3) is 2.83. The molecule has 2 rings (SSSR count). The van der Waals surface area contributed by atoms with E-state index >= 15 is 0 Å². The molecule has 1 atom stereocenters. The molecule has 0 aliphatic carbocycles. The molecule has 10 heteroatoms. The Kier molecular flexibility index (Phi) is 4.75. The monoisotopic (exact) mass is 414 g/mol. The van der Waals surface area contributed by atoms with Gasteiger partial charge in [0.25, 0.3) is 0 Å². The van der Waals surface area contributed by atoms with Crippen LogP contribution in [0.1, 0.15) is 15.2 Å². The lowest BCUT2D eigenvalue weighted by molar-refractivity contribution is 0.0505. The zero-order chi connectivity index (χ0) is 16.7. The van der Waals surface area contributed by atoms with E-state index in [1.807, 2.05) is 0 Å². The predicted octanol–water partition coefficient (Wildman–Crippen LogP) is 4.33. The minimum Gasteiger partial charge on any atom is -0.465 e. The Balaban J connectivity index is 2.64. The largest absolute Gasteiger partial charge is 0.465 e. The van der Waals surface area contributed by atoms with Crippen LogP contribution >= 0.6 is 34.9 Å². The average Bonchev–Trinajstić information content (AvgIpc) is 2.87. The van der Waals surface area contributed by atoms with Crippen molar-refractivity contribution in [1.29, 1.82) is 0 Å². The number of fused-ring (bicyclic) bond motifs is 1. The molecule has 0 aliphatic heterocycles. The summed E-state index contributed by atoms with van der Waals surface area (Å²) in [6, 6.07) is 3.89. The summed E-state index contributed by atoms with van der Waals surface area (Å²) in [5, 5.41) is 0.530. The van der Waals surface area contributed by atoms with E-state index in [-0.39, 0.29) is 9.35 Å². The van der Waals surface area contributed by atoms with Gasteiger partial charge in [0, 0.05) is 21.8 Å². The second kappa shape index (κ2) is 5.98. The highest BCUT2D eigenvalue weighted by Gasteiger charge is 2.53. The Morgan fingerprint density at radius 1 is 1.36 bits per heavy atom. The van der Waals surface area contributed by atoms with Crippen LogP contribution in [-0.2, 0) is 19.5 Å². The molecular formula is C12H10BrF2O5PS. The molecule has 0 aliphatic rings. The topological polar surface area (TPSA) is 72.8 Å². The summed E-state index contributed by atoms with van der Waals surface area (Å²) in [5.41, 5.74) is -4.78. The van der Waals surface area contributed by atoms with E-state index in [4.69, 9.17) is 0 Å². The number of halogens is 3. The van der Waals surface area contributed by atoms with E-state index in [0.717, 1.165) is 24.5 Å². The van der Waals surface area contributed by atoms with Crippen LogP contribution in [0, 0.1) is 0 Å². The molecule has 1 aromatic carbocycles. The first-order valence-electron chi connectivity index (χ1n) is 5.72. The third-order valence-corrected chi connectivity index (χ3v) is 6.10. The second-order valence-electron chi connectivity index (χ2n) is 4.22. The first-order valence-corrected chi connectivity index (χ1v) is 8.91. The third-order valence-electron chi connectivity index (χ3n) is 2.92. The fourth-order valence-electron chi connectivity index (χ4n) is 1.76. The van der Waals surface area contributed by atoms with E-state index in [1.54, 1.807) is 0 Å². The predicted molar refractivity (Wildman–Crippen MR) is 81.6 cm³/mol. The number of hydrogen-bond donors (Lipinski definition) is 1.